The number of nitrogens with one attached hydrogen (secondary N) is 1. The molecular weight excluding hydrogens is 330 g/mol. The summed E-state index contributed by atoms with van der Waals surface area (Å²) >= 11 is 5.99. The van der Waals surface area contributed by atoms with E-state index in [1.807, 2.05) is 24.3 Å². The number of carbonyl (C=O) groups is 2. The third kappa shape index (κ3) is 3.12. The fraction of sp³-hybridized carbons (Fsp3) is 0.111. The number of Topliss-reactive ketones (excluding diaryl/α,β-unsaturated/α-hetero) is 1. The van der Waals surface area contributed by atoms with E-state index in [9.17, 15) is 9.59 Å². The normalized spacial score (nSPS) is 10.6. The summed E-state index contributed by atoms with van der Waals surface area (Å²) in [6.07, 6.45) is 1.57. The Morgan fingerprint density at radius 1 is 1.17 bits per heavy atom. The second kappa shape index (κ2) is 6.76. The van der Waals surface area contributed by atoms with E-state index in [4.69, 9.17) is 21.1 Å². The largest absolute Gasteiger partial charge is 0.495 e. The van der Waals surface area contributed by atoms with Gasteiger partial charge in [0, 0.05) is 22.7 Å². The summed E-state index contributed by atoms with van der Waals surface area (Å²) in [6, 6.07) is 12.0. The van der Waals surface area contributed by atoms with Crippen molar-refractivity contribution in [3.63, 3.8) is 0 Å². The summed E-state index contributed by atoms with van der Waals surface area (Å²) in [4.78, 5) is 27.3. The number of halogens is 1. The lowest BCUT2D eigenvalue weighted by Crippen LogP contribution is -2.14. The molecule has 6 heteroatoms. The molecule has 3 aromatic rings. The first-order valence-electron chi connectivity index (χ1n) is 7.20. The summed E-state index contributed by atoms with van der Waals surface area (Å²) in [5.74, 6) is -0.419. The minimum atomic E-state index is -0.555. The van der Waals surface area contributed by atoms with Crippen molar-refractivity contribution < 1.29 is 19.1 Å². The molecule has 0 spiro atoms. The quantitative estimate of drug-likeness (QED) is 0.564. The first kappa shape index (κ1) is 16.1. The van der Waals surface area contributed by atoms with Crippen LogP contribution in [-0.2, 0) is 4.74 Å². The second-order valence-corrected chi connectivity index (χ2v) is 5.50. The maximum absolute atomic E-state index is 12.2. The molecule has 0 atom stereocenters. The van der Waals surface area contributed by atoms with Gasteiger partial charge in [-0.2, -0.15) is 0 Å². The van der Waals surface area contributed by atoms with Crippen molar-refractivity contribution in [1.29, 1.82) is 0 Å². The Bertz CT molecular complexity index is 916. The van der Waals surface area contributed by atoms with Gasteiger partial charge in [-0.15, -0.1) is 0 Å². The Labute approximate surface area is 143 Å². The predicted octanol–water partition coefficient (Wildman–Crippen LogP) is 3.87. The van der Waals surface area contributed by atoms with Crippen molar-refractivity contribution in [1.82, 2.24) is 4.98 Å². The molecule has 5 nitrogen and oxygen atoms in total. The van der Waals surface area contributed by atoms with Gasteiger partial charge in [-0.05, 0) is 24.3 Å². The fourth-order valence-corrected chi connectivity index (χ4v) is 2.63. The van der Waals surface area contributed by atoms with Gasteiger partial charge < -0.3 is 14.5 Å². The van der Waals surface area contributed by atoms with Crippen molar-refractivity contribution in [3.8, 4) is 5.75 Å². The molecule has 0 radical (unpaired) electrons. The van der Waals surface area contributed by atoms with Crippen LogP contribution in [0.4, 0.5) is 0 Å². The summed E-state index contributed by atoms with van der Waals surface area (Å²) in [5, 5.41) is 1.08. The number of aromatic nitrogens is 1. The van der Waals surface area contributed by atoms with Gasteiger partial charge in [0.15, 0.2) is 12.4 Å². The molecule has 24 heavy (non-hydrogen) atoms. The smallest absolute Gasteiger partial charge is 0.340 e. The van der Waals surface area contributed by atoms with E-state index in [-0.39, 0.29) is 12.4 Å². The van der Waals surface area contributed by atoms with E-state index in [0.717, 1.165) is 10.9 Å². The Balaban J connectivity index is 1.70. The molecule has 0 unspecified atom stereocenters. The maximum atomic E-state index is 12.2. The highest BCUT2D eigenvalue weighted by Gasteiger charge is 2.16. The second-order valence-electron chi connectivity index (χ2n) is 5.10. The molecule has 1 heterocycles. The zero-order chi connectivity index (χ0) is 17.1. The first-order chi connectivity index (χ1) is 11.6. The van der Waals surface area contributed by atoms with Gasteiger partial charge in [0.2, 0.25) is 0 Å². The number of hydrogen-bond donors (Lipinski definition) is 1. The van der Waals surface area contributed by atoms with Crippen LogP contribution in [0.15, 0.2) is 48.7 Å². The lowest BCUT2D eigenvalue weighted by atomic mass is 10.1. The SMILES string of the molecule is COc1ccc(C(=O)COC(=O)c2c[nH]c3ccccc23)cc1Cl. The van der Waals surface area contributed by atoms with Gasteiger partial charge in [-0.3, -0.25) is 4.79 Å². The van der Waals surface area contributed by atoms with Gasteiger partial charge in [0.1, 0.15) is 5.75 Å². The van der Waals surface area contributed by atoms with Crippen LogP contribution in [-0.4, -0.2) is 30.5 Å². The first-order valence-corrected chi connectivity index (χ1v) is 7.58. The molecule has 2 aromatic carbocycles. The number of para-hydroxylation sites is 1. The number of ether oxygens (including phenoxy) is 2. The fourth-order valence-electron chi connectivity index (χ4n) is 2.37. The van der Waals surface area contributed by atoms with Gasteiger partial charge in [0.25, 0.3) is 0 Å². The number of methoxy groups -OCH3 is 1. The van der Waals surface area contributed by atoms with Gasteiger partial charge in [-0.1, -0.05) is 29.8 Å². The number of fused-ring (bicyclic) bond motifs is 1. The topological polar surface area (TPSA) is 68.4 Å². The summed E-state index contributed by atoms with van der Waals surface area (Å²) in [6.45, 7) is -0.360. The average Bonchev–Trinajstić information content (AvgIpc) is 3.03. The lowest BCUT2D eigenvalue weighted by molar-refractivity contribution is 0.0476. The van der Waals surface area contributed by atoms with Crippen LogP contribution in [0.3, 0.4) is 0 Å². The number of H-pyrrole nitrogens is 1. The summed E-state index contributed by atoms with van der Waals surface area (Å²) in [5.41, 5.74) is 1.58. The highest BCUT2D eigenvalue weighted by atomic mass is 35.5. The molecule has 0 aliphatic heterocycles. The minimum Gasteiger partial charge on any atom is -0.495 e. The number of benzene rings is 2. The van der Waals surface area contributed by atoms with Gasteiger partial charge >= 0.3 is 5.97 Å². The van der Waals surface area contributed by atoms with Crippen LogP contribution in [0, 0.1) is 0 Å². The average molecular weight is 344 g/mol. The van der Waals surface area contributed by atoms with E-state index >= 15 is 0 Å². The molecular formula is C18H14ClNO4. The summed E-state index contributed by atoms with van der Waals surface area (Å²) < 4.78 is 10.2. The molecule has 1 N–H and O–H groups in total. The highest BCUT2D eigenvalue weighted by molar-refractivity contribution is 6.32. The number of aromatic amines is 1. The molecule has 3 rings (SSSR count). The standard InChI is InChI=1S/C18H14ClNO4/c1-23-17-7-6-11(8-14(17)19)16(21)10-24-18(22)13-9-20-15-5-3-2-4-12(13)15/h2-9,20H,10H2,1H3. The van der Waals surface area contributed by atoms with E-state index in [1.165, 1.54) is 13.2 Å². The molecule has 0 saturated carbocycles. The molecule has 0 fully saturated rings. The number of ketones is 1. The van der Waals surface area contributed by atoms with Gasteiger partial charge in [-0.25, -0.2) is 4.79 Å². The molecule has 1 aromatic heterocycles. The predicted molar refractivity (Wildman–Crippen MR) is 90.9 cm³/mol. The van der Waals surface area contributed by atoms with Crippen LogP contribution in [0.25, 0.3) is 10.9 Å². The third-order valence-electron chi connectivity index (χ3n) is 3.62. The van der Waals surface area contributed by atoms with Crippen molar-refractivity contribution in [2.75, 3.05) is 13.7 Å². The van der Waals surface area contributed by atoms with Gasteiger partial charge in [0.05, 0.1) is 17.7 Å². The van der Waals surface area contributed by atoms with E-state index in [0.29, 0.717) is 21.9 Å². The lowest BCUT2D eigenvalue weighted by Gasteiger charge is -2.06. The van der Waals surface area contributed by atoms with E-state index < -0.39 is 5.97 Å². The number of hydrogen-bond acceptors (Lipinski definition) is 4. The molecule has 0 aliphatic rings. The van der Waals surface area contributed by atoms with Crippen molar-refractivity contribution in [3.05, 3.63) is 64.8 Å². The number of esters is 1. The molecule has 122 valence electrons. The van der Waals surface area contributed by atoms with E-state index in [2.05, 4.69) is 4.98 Å². The molecule has 0 amide bonds. The Morgan fingerprint density at radius 3 is 2.71 bits per heavy atom. The monoisotopic (exact) mass is 343 g/mol. The Hall–Kier alpha value is -2.79. The van der Waals surface area contributed by atoms with Crippen LogP contribution < -0.4 is 4.74 Å². The zero-order valence-electron chi connectivity index (χ0n) is 12.8. The maximum Gasteiger partial charge on any atom is 0.340 e. The Morgan fingerprint density at radius 2 is 1.96 bits per heavy atom. The molecule has 0 bridgehead atoms. The van der Waals surface area contributed by atoms with E-state index in [1.54, 1.807) is 18.3 Å². The number of carbonyl (C=O) groups excluding carboxylic acids is 2. The highest BCUT2D eigenvalue weighted by Crippen LogP contribution is 2.25. The summed E-state index contributed by atoms with van der Waals surface area (Å²) in [7, 11) is 1.49. The third-order valence-corrected chi connectivity index (χ3v) is 3.91. The van der Waals surface area contributed by atoms with Crippen LogP contribution in [0.2, 0.25) is 5.02 Å². The van der Waals surface area contributed by atoms with Crippen molar-refractivity contribution >= 4 is 34.3 Å². The van der Waals surface area contributed by atoms with Crippen molar-refractivity contribution in [2.24, 2.45) is 0 Å². The van der Waals surface area contributed by atoms with Crippen LogP contribution in [0.5, 0.6) is 5.75 Å². The van der Waals surface area contributed by atoms with Crippen molar-refractivity contribution in [2.45, 2.75) is 0 Å². The Kier molecular flexibility index (Phi) is 4.53. The van der Waals surface area contributed by atoms with Crippen LogP contribution >= 0.6 is 11.6 Å². The number of rotatable bonds is 5. The minimum absolute atomic E-state index is 0.325. The van der Waals surface area contributed by atoms with Crippen LogP contribution in [0.1, 0.15) is 20.7 Å². The molecule has 0 aliphatic carbocycles. The molecule has 0 saturated heterocycles. The zero-order valence-corrected chi connectivity index (χ0v) is 13.6.